The minimum absolute atomic E-state index is 0.0426. The lowest BCUT2D eigenvalue weighted by Crippen LogP contribution is -2.45. The van der Waals surface area contributed by atoms with Gasteiger partial charge in [0.25, 0.3) is 0 Å². The van der Waals surface area contributed by atoms with Crippen molar-refractivity contribution in [2.75, 3.05) is 26.2 Å². The van der Waals surface area contributed by atoms with Crippen LogP contribution in [0.5, 0.6) is 0 Å². The summed E-state index contributed by atoms with van der Waals surface area (Å²) in [7, 11) is 0. The summed E-state index contributed by atoms with van der Waals surface area (Å²) < 4.78 is 11.0. The molecule has 4 rings (SSSR count). The molecule has 2 aliphatic rings. The van der Waals surface area contributed by atoms with Crippen molar-refractivity contribution in [1.29, 1.82) is 0 Å². The molecule has 0 unspecified atom stereocenters. The molecule has 0 radical (unpaired) electrons. The predicted octanol–water partition coefficient (Wildman–Crippen LogP) is 3.89. The molecule has 30 heavy (non-hydrogen) atoms. The predicted molar refractivity (Wildman–Crippen MR) is 114 cm³/mol. The summed E-state index contributed by atoms with van der Waals surface area (Å²) in [6.07, 6.45) is 3.37. The van der Waals surface area contributed by atoms with Crippen molar-refractivity contribution < 1.29 is 18.7 Å². The number of nitrogens with zero attached hydrogens (tertiary/aromatic N) is 2. The Kier molecular flexibility index (Phi) is 6.37. The monoisotopic (exact) mass is 450 g/mol. The Bertz CT molecular complexity index is 945. The Morgan fingerprint density at radius 2 is 2.03 bits per heavy atom. The molecule has 2 atom stereocenters. The largest absolute Gasteiger partial charge is 0.469 e. The van der Waals surface area contributed by atoms with Crippen LogP contribution in [0.1, 0.15) is 36.3 Å². The first-order valence-electron chi connectivity index (χ1n) is 10.1. The number of amides is 1. The average molecular weight is 451 g/mol. The third-order valence-electron chi connectivity index (χ3n) is 5.75. The fourth-order valence-corrected chi connectivity index (χ4v) is 4.68. The van der Waals surface area contributed by atoms with Crippen molar-refractivity contribution >= 4 is 35.1 Å². The zero-order valence-electron chi connectivity index (χ0n) is 16.8. The first-order valence-corrected chi connectivity index (χ1v) is 10.9. The molecule has 160 valence electrons. The molecule has 3 heterocycles. The second-order valence-electron chi connectivity index (χ2n) is 7.86. The van der Waals surface area contributed by atoms with Crippen LogP contribution in [-0.2, 0) is 27.2 Å². The smallest absolute Gasteiger partial charge is 0.302 e. The third-order valence-corrected chi connectivity index (χ3v) is 6.49. The summed E-state index contributed by atoms with van der Waals surface area (Å²) in [6, 6.07) is 7.15. The first kappa shape index (κ1) is 21.2. The van der Waals surface area contributed by atoms with Crippen LogP contribution in [0, 0.1) is 0 Å². The Morgan fingerprint density at radius 1 is 1.20 bits per heavy atom. The van der Waals surface area contributed by atoms with Crippen LogP contribution in [-0.4, -0.2) is 54.0 Å². The zero-order chi connectivity index (χ0) is 21.3. The van der Waals surface area contributed by atoms with Crippen LogP contribution in [0.4, 0.5) is 0 Å². The lowest BCUT2D eigenvalue weighted by molar-refractivity contribution is -0.145. The number of esters is 1. The highest BCUT2D eigenvalue weighted by Crippen LogP contribution is 2.33. The van der Waals surface area contributed by atoms with E-state index in [2.05, 4.69) is 4.90 Å². The summed E-state index contributed by atoms with van der Waals surface area (Å²) >= 11 is 12.1. The second kappa shape index (κ2) is 9.00. The molecular formula is C22H24Cl2N2O4. The van der Waals surface area contributed by atoms with E-state index >= 15 is 0 Å². The van der Waals surface area contributed by atoms with E-state index in [1.807, 2.05) is 17.0 Å². The highest BCUT2D eigenvalue weighted by molar-refractivity contribution is 6.42. The maximum atomic E-state index is 13.2. The van der Waals surface area contributed by atoms with Crippen molar-refractivity contribution in [3.63, 3.8) is 0 Å². The molecule has 1 amide bonds. The number of halogens is 2. The van der Waals surface area contributed by atoms with E-state index in [-0.39, 0.29) is 30.4 Å². The fourth-order valence-electron chi connectivity index (χ4n) is 4.36. The Morgan fingerprint density at radius 3 is 2.80 bits per heavy atom. The van der Waals surface area contributed by atoms with Gasteiger partial charge < -0.3 is 14.1 Å². The van der Waals surface area contributed by atoms with Gasteiger partial charge in [-0.25, -0.2) is 0 Å². The number of rotatable bonds is 5. The second-order valence-corrected chi connectivity index (χ2v) is 8.67. The van der Waals surface area contributed by atoms with Gasteiger partial charge in [-0.15, -0.1) is 0 Å². The molecule has 2 aliphatic heterocycles. The Hall–Kier alpha value is -2.02. The molecule has 8 heteroatoms. The molecule has 2 aromatic rings. The van der Waals surface area contributed by atoms with Crippen molar-refractivity contribution in [3.8, 4) is 0 Å². The van der Waals surface area contributed by atoms with Gasteiger partial charge in [-0.3, -0.25) is 14.5 Å². The Labute approximate surface area is 185 Å². The molecule has 0 bridgehead atoms. The van der Waals surface area contributed by atoms with Crippen molar-refractivity contribution in [1.82, 2.24) is 9.80 Å². The molecule has 1 saturated heterocycles. The summed E-state index contributed by atoms with van der Waals surface area (Å²) in [5, 5.41) is 0.922. The van der Waals surface area contributed by atoms with Gasteiger partial charge in [-0.05, 0) is 30.2 Å². The standard InChI is InChI=1S/C22H24Cl2N2O4/c1-14(27)30-16-4-7-25(12-16)13-20-17-6-9-29-21(17)5-8-26(20)22(28)11-15-2-3-18(23)19(24)10-15/h2-3,6,9-10,16,20H,4-5,7-8,11-13H2,1H3/t16-,20+/m0/s1. The fraction of sp³-hybridized carbons (Fsp3) is 0.455. The molecule has 0 spiro atoms. The van der Waals surface area contributed by atoms with Crippen LogP contribution in [0.25, 0.3) is 0 Å². The Balaban J connectivity index is 1.49. The highest BCUT2D eigenvalue weighted by atomic mass is 35.5. The molecule has 0 N–H and O–H groups in total. The summed E-state index contributed by atoms with van der Waals surface area (Å²) in [5.41, 5.74) is 1.89. The number of hydrogen-bond donors (Lipinski definition) is 0. The van der Waals surface area contributed by atoms with Crippen LogP contribution >= 0.6 is 23.2 Å². The van der Waals surface area contributed by atoms with Gasteiger partial charge >= 0.3 is 5.97 Å². The molecule has 0 aliphatic carbocycles. The topological polar surface area (TPSA) is 63.0 Å². The third kappa shape index (κ3) is 4.66. The SMILES string of the molecule is CC(=O)O[C@H]1CCN(C[C@@H]2c3ccoc3CCN2C(=O)Cc2ccc(Cl)c(Cl)c2)C1. The van der Waals surface area contributed by atoms with Gasteiger partial charge in [-0.1, -0.05) is 29.3 Å². The van der Waals surface area contributed by atoms with Crippen LogP contribution < -0.4 is 0 Å². The van der Waals surface area contributed by atoms with Gasteiger partial charge in [0.05, 0.1) is 28.8 Å². The number of hydrogen-bond acceptors (Lipinski definition) is 5. The van der Waals surface area contributed by atoms with Gasteiger partial charge in [0.2, 0.25) is 5.91 Å². The molecule has 1 fully saturated rings. The quantitative estimate of drug-likeness (QED) is 0.646. The maximum Gasteiger partial charge on any atom is 0.302 e. The number of likely N-dealkylation sites (tertiary alicyclic amines) is 1. The van der Waals surface area contributed by atoms with E-state index in [1.165, 1.54) is 6.92 Å². The maximum absolute atomic E-state index is 13.2. The van der Waals surface area contributed by atoms with E-state index in [9.17, 15) is 9.59 Å². The normalized spacial score (nSPS) is 21.5. The van der Waals surface area contributed by atoms with Gasteiger partial charge in [0, 0.05) is 45.1 Å². The van der Waals surface area contributed by atoms with Gasteiger partial charge in [0.15, 0.2) is 0 Å². The van der Waals surface area contributed by atoms with Gasteiger partial charge in [0.1, 0.15) is 11.9 Å². The van der Waals surface area contributed by atoms with E-state index in [1.54, 1.807) is 18.4 Å². The number of carbonyl (C=O) groups excluding carboxylic acids is 2. The van der Waals surface area contributed by atoms with E-state index in [4.69, 9.17) is 32.4 Å². The van der Waals surface area contributed by atoms with Crippen LogP contribution in [0.2, 0.25) is 10.0 Å². The minimum Gasteiger partial charge on any atom is -0.469 e. The number of ether oxygens (including phenoxy) is 1. The number of carbonyl (C=O) groups is 2. The summed E-state index contributed by atoms with van der Waals surface area (Å²) in [5.74, 6) is 0.727. The van der Waals surface area contributed by atoms with E-state index < -0.39 is 0 Å². The van der Waals surface area contributed by atoms with Crippen LogP contribution in [0.3, 0.4) is 0 Å². The molecule has 0 saturated carbocycles. The molecule has 6 nitrogen and oxygen atoms in total. The highest BCUT2D eigenvalue weighted by Gasteiger charge is 2.36. The van der Waals surface area contributed by atoms with Crippen molar-refractivity contribution in [3.05, 3.63) is 57.5 Å². The van der Waals surface area contributed by atoms with Crippen molar-refractivity contribution in [2.45, 2.75) is 38.3 Å². The first-order chi connectivity index (χ1) is 14.4. The van der Waals surface area contributed by atoms with Crippen molar-refractivity contribution in [2.24, 2.45) is 0 Å². The average Bonchev–Trinajstić information content (AvgIpc) is 3.34. The lowest BCUT2D eigenvalue weighted by atomic mass is 9.97. The zero-order valence-corrected chi connectivity index (χ0v) is 18.3. The lowest BCUT2D eigenvalue weighted by Gasteiger charge is -2.37. The number of fused-ring (bicyclic) bond motifs is 1. The van der Waals surface area contributed by atoms with E-state index in [0.29, 0.717) is 36.1 Å². The van der Waals surface area contributed by atoms with Crippen LogP contribution in [0.15, 0.2) is 34.9 Å². The van der Waals surface area contributed by atoms with Gasteiger partial charge in [-0.2, -0.15) is 0 Å². The molecular weight excluding hydrogens is 427 g/mol. The van der Waals surface area contributed by atoms with E-state index in [0.717, 1.165) is 29.9 Å². The molecule has 1 aromatic heterocycles. The minimum atomic E-state index is -0.255. The molecule has 1 aromatic carbocycles. The number of furan rings is 1. The summed E-state index contributed by atoms with van der Waals surface area (Å²) in [6.45, 7) is 4.23. The summed E-state index contributed by atoms with van der Waals surface area (Å²) in [4.78, 5) is 28.7. The number of benzene rings is 1.